The van der Waals surface area contributed by atoms with Crippen LogP contribution in [0.2, 0.25) is 0 Å². The summed E-state index contributed by atoms with van der Waals surface area (Å²) >= 11 is 0. The van der Waals surface area contributed by atoms with Gasteiger partial charge in [0.25, 0.3) is 0 Å². The molecule has 0 bridgehead atoms. The Morgan fingerprint density at radius 3 is 2.33 bits per heavy atom. The Hall–Kier alpha value is -0.0800. The van der Waals surface area contributed by atoms with Gasteiger partial charge in [-0.15, -0.1) is 0 Å². The van der Waals surface area contributed by atoms with Crippen molar-refractivity contribution in [3.63, 3.8) is 0 Å². The standard InChI is InChI=1S/C10H22O2/c1-5-6-10(11)9(3)8(2)7-12-4/h8-11H,5-7H2,1-4H3/t8-,9?,10+/m1/s1. The minimum absolute atomic E-state index is 0.167. The molecule has 74 valence electrons. The summed E-state index contributed by atoms with van der Waals surface area (Å²) < 4.78 is 5.04. The summed E-state index contributed by atoms with van der Waals surface area (Å²) in [5.41, 5.74) is 0. The van der Waals surface area contributed by atoms with Crippen LogP contribution in [-0.2, 0) is 4.74 Å². The number of aliphatic hydroxyl groups is 1. The van der Waals surface area contributed by atoms with Crippen molar-refractivity contribution in [2.45, 2.75) is 39.7 Å². The van der Waals surface area contributed by atoms with Gasteiger partial charge in [-0.3, -0.25) is 0 Å². The molecule has 0 aromatic heterocycles. The molecule has 1 unspecified atom stereocenters. The fraction of sp³-hybridized carbons (Fsp3) is 1.00. The minimum Gasteiger partial charge on any atom is -0.393 e. The van der Waals surface area contributed by atoms with E-state index < -0.39 is 0 Å². The second-order valence-corrected chi connectivity index (χ2v) is 3.65. The molecule has 0 aromatic carbocycles. The first-order valence-electron chi connectivity index (χ1n) is 4.80. The molecule has 0 saturated heterocycles. The van der Waals surface area contributed by atoms with E-state index in [-0.39, 0.29) is 6.10 Å². The lowest BCUT2D eigenvalue weighted by Gasteiger charge is -2.24. The summed E-state index contributed by atoms with van der Waals surface area (Å²) in [5.74, 6) is 0.779. The molecule has 0 aromatic rings. The highest BCUT2D eigenvalue weighted by Crippen LogP contribution is 2.18. The summed E-state index contributed by atoms with van der Waals surface area (Å²) in [7, 11) is 1.70. The summed E-state index contributed by atoms with van der Waals surface area (Å²) in [5, 5.41) is 9.66. The Morgan fingerprint density at radius 1 is 1.33 bits per heavy atom. The third-order valence-corrected chi connectivity index (χ3v) is 2.52. The Balaban J connectivity index is 3.73. The van der Waals surface area contributed by atoms with Crippen molar-refractivity contribution < 1.29 is 9.84 Å². The average molecular weight is 174 g/mol. The van der Waals surface area contributed by atoms with Crippen molar-refractivity contribution in [1.29, 1.82) is 0 Å². The summed E-state index contributed by atoms with van der Waals surface area (Å²) in [6.07, 6.45) is 1.78. The van der Waals surface area contributed by atoms with Gasteiger partial charge in [0.05, 0.1) is 6.10 Å². The SMILES string of the molecule is CCC[C@H](O)C(C)[C@H](C)COC. The van der Waals surface area contributed by atoms with Gasteiger partial charge < -0.3 is 9.84 Å². The molecular formula is C10H22O2. The molecule has 0 spiro atoms. The number of hydrogen-bond acceptors (Lipinski definition) is 2. The third kappa shape index (κ3) is 4.07. The molecule has 0 amide bonds. The maximum absolute atomic E-state index is 9.66. The maximum atomic E-state index is 9.66. The van der Waals surface area contributed by atoms with Crippen molar-refractivity contribution in [3.8, 4) is 0 Å². The molecule has 0 radical (unpaired) electrons. The predicted octanol–water partition coefficient (Wildman–Crippen LogP) is 2.07. The van der Waals surface area contributed by atoms with E-state index in [4.69, 9.17) is 4.74 Å². The van der Waals surface area contributed by atoms with Crippen molar-refractivity contribution in [3.05, 3.63) is 0 Å². The summed E-state index contributed by atoms with van der Waals surface area (Å²) in [6, 6.07) is 0. The van der Waals surface area contributed by atoms with Crippen molar-refractivity contribution in [2.24, 2.45) is 11.8 Å². The van der Waals surface area contributed by atoms with Crippen LogP contribution in [0.3, 0.4) is 0 Å². The highest BCUT2D eigenvalue weighted by atomic mass is 16.5. The minimum atomic E-state index is -0.167. The fourth-order valence-electron chi connectivity index (χ4n) is 1.35. The van der Waals surface area contributed by atoms with E-state index in [0.29, 0.717) is 11.8 Å². The zero-order chi connectivity index (χ0) is 9.56. The van der Waals surface area contributed by atoms with Crippen LogP contribution in [0.5, 0.6) is 0 Å². The molecule has 0 aliphatic rings. The van der Waals surface area contributed by atoms with Crippen LogP contribution < -0.4 is 0 Å². The molecule has 3 atom stereocenters. The molecule has 12 heavy (non-hydrogen) atoms. The first-order valence-corrected chi connectivity index (χ1v) is 4.80. The van der Waals surface area contributed by atoms with E-state index in [1.807, 2.05) is 0 Å². The Morgan fingerprint density at radius 2 is 1.92 bits per heavy atom. The Kier molecular flexibility index (Phi) is 6.39. The number of rotatable bonds is 6. The maximum Gasteiger partial charge on any atom is 0.0569 e. The highest BCUT2D eigenvalue weighted by molar-refractivity contribution is 4.69. The van der Waals surface area contributed by atoms with E-state index in [9.17, 15) is 5.11 Å². The average Bonchev–Trinajstić information content (AvgIpc) is 2.04. The van der Waals surface area contributed by atoms with E-state index >= 15 is 0 Å². The molecule has 0 rings (SSSR count). The molecular weight excluding hydrogens is 152 g/mol. The van der Waals surface area contributed by atoms with Crippen LogP contribution in [0.15, 0.2) is 0 Å². The zero-order valence-corrected chi connectivity index (χ0v) is 8.71. The normalized spacial score (nSPS) is 18.8. The van der Waals surface area contributed by atoms with Gasteiger partial charge in [-0.1, -0.05) is 27.2 Å². The monoisotopic (exact) mass is 174 g/mol. The largest absolute Gasteiger partial charge is 0.393 e. The highest BCUT2D eigenvalue weighted by Gasteiger charge is 2.19. The molecule has 2 nitrogen and oxygen atoms in total. The summed E-state index contributed by atoms with van der Waals surface area (Å²) in [4.78, 5) is 0. The quantitative estimate of drug-likeness (QED) is 0.668. The van der Waals surface area contributed by atoms with Crippen LogP contribution >= 0.6 is 0 Å². The molecule has 0 aliphatic heterocycles. The zero-order valence-electron chi connectivity index (χ0n) is 8.71. The van der Waals surface area contributed by atoms with Crippen LogP contribution in [0, 0.1) is 11.8 Å². The van der Waals surface area contributed by atoms with Crippen LogP contribution in [0.25, 0.3) is 0 Å². The van der Waals surface area contributed by atoms with Gasteiger partial charge in [0.1, 0.15) is 0 Å². The van der Waals surface area contributed by atoms with E-state index in [0.717, 1.165) is 19.4 Å². The Labute approximate surface area is 75.9 Å². The van der Waals surface area contributed by atoms with Crippen LogP contribution in [0.4, 0.5) is 0 Å². The van der Waals surface area contributed by atoms with Crippen LogP contribution in [-0.4, -0.2) is 24.9 Å². The molecule has 2 heteroatoms. The molecule has 0 aliphatic carbocycles. The van der Waals surface area contributed by atoms with Gasteiger partial charge in [0, 0.05) is 13.7 Å². The second-order valence-electron chi connectivity index (χ2n) is 3.65. The lowest BCUT2D eigenvalue weighted by Crippen LogP contribution is -2.26. The predicted molar refractivity (Wildman–Crippen MR) is 51.1 cm³/mol. The lowest BCUT2D eigenvalue weighted by atomic mass is 9.89. The van der Waals surface area contributed by atoms with Crippen molar-refractivity contribution in [2.75, 3.05) is 13.7 Å². The van der Waals surface area contributed by atoms with Crippen molar-refractivity contribution >= 4 is 0 Å². The summed E-state index contributed by atoms with van der Waals surface area (Å²) in [6.45, 7) is 7.04. The number of methoxy groups -OCH3 is 1. The van der Waals surface area contributed by atoms with Gasteiger partial charge >= 0.3 is 0 Å². The van der Waals surface area contributed by atoms with Gasteiger partial charge in [0.2, 0.25) is 0 Å². The van der Waals surface area contributed by atoms with Crippen LogP contribution in [0.1, 0.15) is 33.6 Å². The first kappa shape index (κ1) is 11.9. The first-order chi connectivity index (χ1) is 5.63. The third-order valence-electron chi connectivity index (χ3n) is 2.52. The van der Waals surface area contributed by atoms with Gasteiger partial charge in [0.15, 0.2) is 0 Å². The number of aliphatic hydroxyl groups excluding tert-OH is 1. The van der Waals surface area contributed by atoms with E-state index in [1.165, 1.54) is 0 Å². The number of hydrogen-bond donors (Lipinski definition) is 1. The Bertz CT molecular complexity index is 92.0. The number of ether oxygens (including phenoxy) is 1. The van der Waals surface area contributed by atoms with Gasteiger partial charge in [-0.2, -0.15) is 0 Å². The molecule has 0 heterocycles. The van der Waals surface area contributed by atoms with E-state index in [2.05, 4.69) is 20.8 Å². The van der Waals surface area contributed by atoms with Gasteiger partial charge in [-0.05, 0) is 18.3 Å². The van der Waals surface area contributed by atoms with Gasteiger partial charge in [-0.25, -0.2) is 0 Å². The molecule has 0 fully saturated rings. The molecule has 0 saturated carbocycles. The molecule has 1 N–H and O–H groups in total. The smallest absolute Gasteiger partial charge is 0.0569 e. The van der Waals surface area contributed by atoms with E-state index in [1.54, 1.807) is 7.11 Å². The lowest BCUT2D eigenvalue weighted by molar-refractivity contribution is 0.0460. The topological polar surface area (TPSA) is 29.5 Å². The fourth-order valence-corrected chi connectivity index (χ4v) is 1.35. The van der Waals surface area contributed by atoms with Crippen molar-refractivity contribution in [1.82, 2.24) is 0 Å². The second kappa shape index (κ2) is 6.44.